The number of para-hydroxylation sites is 1. The van der Waals surface area contributed by atoms with Crippen LogP contribution in [0.2, 0.25) is 0 Å². The second kappa shape index (κ2) is 8.32. The fourth-order valence-electron chi connectivity index (χ4n) is 4.35. The maximum absolute atomic E-state index is 14.1. The normalized spacial score (nSPS) is 18.0. The molecule has 1 N–H and O–H groups in total. The molecule has 2 aromatic rings. The fourth-order valence-corrected chi connectivity index (χ4v) is 4.98. The van der Waals surface area contributed by atoms with E-state index in [0.717, 1.165) is 37.2 Å². The van der Waals surface area contributed by atoms with Crippen LogP contribution in [0.1, 0.15) is 24.0 Å². The van der Waals surface area contributed by atoms with Crippen LogP contribution in [0.4, 0.5) is 14.5 Å². The highest BCUT2D eigenvalue weighted by atomic mass is 32.2. The van der Waals surface area contributed by atoms with Gasteiger partial charge in [0.25, 0.3) is 0 Å². The summed E-state index contributed by atoms with van der Waals surface area (Å²) in [5.74, 6) is -0.00304. The molecule has 7 heteroatoms. The van der Waals surface area contributed by atoms with Crippen molar-refractivity contribution in [1.29, 1.82) is 0 Å². The van der Waals surface area contributed by atoms with E-state index in [1.165, 1.54) is 17.8 Å². The number of fused-ring (bicyclic) bond motifs is 2. The minimum atomic E-state index is -0.720. The number of ether oxygens (including phenoxy) is 1. The molecule has 29 heavy (non-hydrogen) atoms. The summed E-state index contributed by atoms with van der Waals surface area (Å²) in [6.45, 7) is 1.93. The molecule has 1 spiro atoms. The van der Waals surface area contributed by atoms with Crippen molar-refractivity contribution < 1.29 is 18.3 Å². The largest absolute Gasteiger partial charge is 0.492 e. The number of nitrogens with zero attached hydrogens (tertiary/aromatic N) is 1. The number of hydrogen-bond acceptors (Lipinski definition) is 4. The van der Waals surface area contributed by atoms with Crippen molar-refractivity contribution >= 4 is 23.4 Å². The topological polar surface area (TPSA) is 41.6 Å². The molecule has 0 saturated carbocycles. The summed E-state index contributed by atoms with van der Waals surface area (Å²) >= 11 is 1.19. The van der Waals surface area contributed by atoms with Gasteiger partial charge in [0.1, 0.15) is 24.8 Å². The van der Waals surface area contributed by atoms with E-state index in [2.05, 4.69) is 10.2 Å². The zero-order valence-corrected chi connectivity index (χ0v) is 17.2. The number of likely N-dealkylation sites (tertiary alicyclic amines) is 1. The summed E-state index contributed by atoms with van der Waals surface area (Å²) in [6, 6.07) is 10.8. The summed E-state index contributed by atoms with van der Waals surface area (Å²) in [7, 11) is 0. The molecule has 2 heterocycles. The smallest absolute Gasteiger partial charge is 0.235 e. The molecule has 0 radical (unpaired) electrons. The number of rotatable bonds is 6. The summed E-state index contributed by atoms with van der Waals surface area (Å²) in [5, 5.41) is 3.01. The Morgan fingerprint density at radius 3 is 2.72 bits per heavy atom. The summed E-state index contributed by atoms with van der Waals surface area (Å²) in [4.78, 5) is 15.2. The standard InChI is InChI=1S/C22H24F2N2O2S/c1-29-20-15(14-23)12-16(13-18(20)24)28-11-10-26-8-6-22(7-9-26)17-4-2-3-5-19(17)25-21(22)27/h2-5,12-13H,6-11,14H2,1H3,(H,25,27). The molecular weight excluding hydrogens is 394 g/mol. The highest BCUT2D eigenvalue weighted by Crippen LogP contribution is 2.44. The third-order valence-electron chi connectivity index (χ3n) is 5.95. The first-order valence-electron chi connectivity index (χ1n) is 9.76. The number of carbonyl (C=O) groups is 1. The molecule has 1 amide bonds. The molecule has 0 atom stereocenters. The van der Waals surface area contributed by atoms with Crippen LogP contribution in [-0.2, 0) is 16.9 Å². The van der Waals surface area contributed by atoms with Gasteiger partial charge >= 0.3 is 0 Å². The van der Waals surface area contributed by atoms with E-state index < -0.39 is 17.9 Å². The average molecular weight is 419 g/mol. The van der Waals surface area contributed by atoms with Crippen molar-refractivity contribution in [3.05, 3.63) is 53.3 Å². The van der Waals surface area contributed by atoms with Gasteiger partial charge in [-0.25, -0.2) is 8.78 Å². The lowest BCUT2D eigenvalue weighted by Gasteiger charge is -2.37. The van der Waals surface area contributed by atoms with Crippen LogP contribution in [0, 0.1) is 5.82 Å². The van der Waals surface area contributed by atoms with E-state index in [0.29, 0.717) is 29.4 Å². The molecule has 154 valence electrons. The lowest BCUT2D eigenvalue weighted by atomic mass is 9.74. The quantitative estimate of drug-likeness (QED) is 0.707. The Balaban J connectivity index is 1.34. The van der Waals surface area contributed by atoms with Gasteiger partial charge in [0, 0.05) is 28.8 Å². The van der Waals surface area contributed by atoms with Crippen LogP contribution >= 0.6 is 11.8 Å². The molecule has 0 bridgehead atoms. The summed E-state index contributed by atoms with van der Waals surface area (Å²) < 4.78 is 32.9. The minimum absolute atomic E-state index is 0.0951. The van der Waals surface area contributed by atoms with Gasteiger partial charge in [0.05, 0.1) is 5.41 Å². The van der Waals surface area contributed by atoms with Gasteiger partial charge in [-0.2, -0.15) is 0 Å². The molecule has 4 nitrogen and oxygen atoms in total. The van der Waals surface area contributed by atoms with E-state index >= 15 is 0 Å². The second-order valence-corrected chi connectivity index (χ2v) is 8.32. The number of alkyl halides is 1. The Labute approximate surface area is 173 Å². The van der Waals surface area contributed by atoms with Gasteiger partial charge in [-0.1, -0.05) is 18.2 Å². The Morgan fingerprint density at radius 1 is 1.24 bits per heavy atom. The van der Waals surface area contributed by atoms with Crippen LogP contribution < -0.4 is 10.1 Å². The molecule has 2 aliphatic rings. The monoisotopic (exact) mass is 418 g/mol. The van der Waals surface area contributed by atoms with Crippen LogP contribution in [-0.4, -0.2) is 43.3 Å². The minimum Gasteiger partial charge on any atom is -0.492 e. The van der Waals surface area contributed by atoms with Crippen LogP contribution in [0.25, 0.3) is 0 Å². The molecule has 2 aliphatic heterocycles. The molecule has 4 rings (SSSR count). The van der Waals surface area contributed by atoms with Crippen molar-refractivity contribution in [3.8, 4) is 5.75 Å². The van der Waals surface area contributed by atoms with Crippen LogP contribution in [0.5, 0.6) is 5.75 Å². The van der Waals surface area contributed by atoms with Crippen LogP contribution in [0.15, 0.2) is 41.3 Å². The predicted octanol–water partition coefficient (Wildman–Crippen LogP) is 4.38. The first-order valence-corrected chi connectivity index (χ1v) is 11.0. The second-order valence-electron chi connectivity index (χ2n) is 7.50. The number of nitrogens with one attached hydrogen (secondary N) is 1. The Bertz CT molecular complexity index is 914. The molecule has 0 aromatic heterocycles. The number of piperidine rings is 1. The molecule has 0 unspecified atom stereocenters. The number of amides is 1. The Morgan fingerprint density at radius 2 is 2.00 bits per heavy atom. The third-order valence-corrected chi connectivity index (χ3v) is 6.82. The van der Waals surface area contributed by atoms with Gasteiger partial charge in [0.2, 0.25) is 5.91 Å². The number of anilines is 1. The van der Waals surface area contributed by atoms with E-state index in [-0.39, 0.29) is 5.91 Å². The zero-order valence-electron chi connectivity index (χ0n) is 16.3. The van der Waals surface area contributed by atoms with Crippen LogP contribution in [0.3, 0.4) is 0 Å². The average Bonchev–Trinajstić information content (AvgIpc) is 3.00. The lowest BCUT2D eigenvalue weighted by molar-refractivity contribution is -0.122. The highest BCUT2D eigenvalue weighted by molar-refractivity contribution is 7.98. The first-order chi connectivity index (χ1) is 14.1. The van der Waals surface area contributed by atoms with Crippen molar-refractivity contribution in [2.24, 2.45) is 0 Å². The fraction of sp³-hybridized carbons (Fsp3) is 0.409. The van der Waals surface area contributed by atoms with Gasteiger partial charge in [-0.05, 0) is 49.9 Å². The number of thioether (sulfide) groups is 1. The molecule has 1 fully saturated rings. The number of carbonyl (C=O) groups excluding carboxylic acids is 1. The van der Waals surface area contributed by atoms with E-state index in [4.69, 9.17) is 4.74 Å². The van der Waals surface area contributed by atoms with Gasteiger partial charge in [-0.15, -0.1) is 11.8 Å². The van der Waals surface area contributed by atoms with Crippen molar-refractivity contribution in [1.82, 2.24) is 4.90 Å². The zero-order chi connectivity index (χ0) is 20.4. The SMILES string of the molecule is CSc1c(F)cc(OCCN2CCC3(CC2)C(=O)Nc2ccccc23)cc1CF. The van der Waals surface area contributed by atoms with Crippen molar-refractivity contribution in [2.45, 2.75) is 29.8 Å². The third kappa shape index (κ3) is 3.73. The van der Waals surface area contributed by atoms with Gasteiger partial charge in [0.15, 0.2) is 0 Å². The van der Waals surface area contributed by atoms with Crippen molar-refractivity contribution in [2.75, 3.05) is 37.8 Å². The van der Waals surface area contributed by atoms with Crippen molar-refractivity contribution in [3.63, 3.8) is 0 Å². The molecular formula is C22H24F2N2O2S. The van der Waals surface area contributed by atoms with E-state index in [1.54, 1.807) is 12.3 Å². The Kier molecular flexibility index (Phi) is 5.79. The maximum Gasteiger partial charge on any atom is 0.235 e. The molecule has 0 aliphatic carbocycles. The van der Waals surface area contributed by atoms with Gasteiger partial charge < -0.3 is 10.1 Å². The van der Waals surface area contributed by atoms with E-state index in [1.807, 2.05) is 24.3 Å². The summed E-state index contributed by atoms with van der Waals surface area (Å²) in [6.07, 6.45) is 3.25. The predicted molar refractivity (Wildman–Crippen MR) is 111 cm³/mol. The van der Waals surface area contributed by atoms with E-state index in [9.17, 15) is 13.6 Å². The number of benzene rings is 2. The number of hydrogen-bond donors (Lipinski definition) is 1. The lowest BCUT2D eigenvalue weighted by Crippen LogP contribution is -2.47. The highest BCUT2D eigenvalue weighted by Gasteiger charge is 2.48. The van der Waals surface area contributed by atoms with Gasteiger partial charge in [-0.3, -0.25) is 9.69 Å². The molecule has 2 aromatic carbocycles. The summed E-state index contributed by atoms with van der Waals surface area (Å²) in [5.41, 5.74) is 1.91. The molecule has 1 saturated heterocycles. The maximum atomic E-state index is 14.1. The first kappa shape index (κ1) is 20.2. The Hall–Kier alpha value is -2.12. The number of halogens is 2.